The molecule has 2 heterocycles. The van der Waals surface area contributed by atoms with Crippen molar-refractivity contribution in [3.05, 3.63) is 29.8 Å². The number of nitrogens with zero attached hydrogens (tertiary/aromatic N) is 1. The van der Waals surface area contributed by atoms with Crippen LogP contribution in [0, 0.1) is 0 Å². The molecule has 0 unspecified atom stereocenters. The van der Waals surface area contributed by atoms with Gasteiger partial charge in [-0.1, -0.05) is 18.2 Å². The fourth-order valence-corrected chi connectivity index (χ4v) is 2.37. The van der Waals surface area contributed by atoms with E-state index in [1.807, 2.05) is 0 Å². The normalized spacial score (nSPS) is 19.4. The SMILES string of the molecule is O=C(O)CN1C(=O)C2(OCCO2)c2ccccc21.[K+]. The van der Waals surface area contributed by atoms with Gasteiger partial charge in [-0.05, 0) is 6.07 Å². The van der Waals surface area contributed by atoms with Gasteiger partial charge >= 0.3 is 57.4 Å². The van der Waals surface area contributed by atoms with Gasteiger partial charge in [0, 0.05) is 5.56 Å². The molecule has 1 N–H and O–H groups in total. The van der Waals surface area contributed by atoms with Gasteiger partial charge in [0.1, 0.15) is 6.54 Å². The molecule has 0 saturated carbocycles. The summed E-state index contributed by atoms with van der Waals surface area (Å²) < 4.78 is 10.9. The van der Waals surface area contributed by atoms with Gasteiger partial charge in [-0.3, -0.25) is 14.5 Å². The number of carboxylic acid groups (broad SMARTS) is 1. The Labute approximate surface area is 152 Å². The summed E-state index contributed by atoms with van der Waals surface area (Å²) >= 11 is 0. The predicted molar refractivity (Wildman–Crippen MR) is 60.0 cm³/mol. The summed E-state index contributed by atoms with van der Waals surface area (Å²) in [6.07, 6.45) is 0. The number of benzene rings is 1. The Kier molecular flexibility index (Phi) is 4.46. The topological polar surface area (TPSA) is 76.1 Å². The second-order valence-corrected chi connectivity index (χ2v) is 4.12. The van der Waals surface area contributed by atoms with Gasteiger partial charge in [-0.15, -0.1) is 0 Å². The molecule has 1 saturated heterocycles. The first kappa shape index (κ1) is 15.1. The summed E-state index contributed by atoms with van der Waals surface area (Å²) in [4.78, 5) is 24.4. The molecule has 0 radical (unpaired) electrons. The number of carbonyl (C=O) groups is 2. The molecule has 19 heavy (non-hydrogen) atoms. The van der Waals surface area contributed by atoms with E-state index in [4.69, 9.17) is 14.6 Å². The Balaban J connectivity index is 0.00000133. The zero-order chi connectivity index (χ0) is 12.8. The molecule has 2 aliphatic rings. The molecule has 0 aromatic heterocycles. The molecule has 7 heteroatoms. The van der Waals surface area contributed by atoms with E-state index in [0.717, 1.165) is 0 Å². The number of aliphatic carboxylic acids is 1. The second kappa shape index (κ2) is 5.61. The summed E-state index contributed by atoms with van der Waals surface area (Å²) in [5, 5.41) is 8.87. The molecule has 1 aromatic rings. The predicted octanol–water partition coefficient (Wildman–Crippen LogP) is -2.68. The molecule has 2 aliphatic heterocycles. The molecule has 0 aliphatic carbocycles. The van der Waals surface area contributed by atoms with E-state index < -0.39 is 24.2 Å². The van der Waals surface area contributed by atoms with Gasteiger partial charge in [-0.25, -0.2) is 0 Å². The van der Waals surface area contributed by atoms with Crippen LogP contribution in [0.2, 0.25) is 0 Å². The van der Waals surface area contributed by atoms with Crippen LogP contribution in [0.1, 0.15) is 5.56 Å². The van der Waals surface area contributed by atoms with E-state index in [-0.39, 0.29) is 51.4 Å². The van der Waals surface area contributed by atoms with E-state index in [1.165, 1.54) is 4.90 Å². The van der Waals surface area contributed by atoms with Crippen molar-refractivity contribution >= 4 is 17.6 Å². The van der Waals surface area contributed by atoms with Crippen molar-refractivity contribution in [1.29, 1.82) is 0 Å². The molecule has 94 valence electrons. The maximum absolute atomic E-state index is 12.3. The van der Waals surface area contributed by atoms with Crippen LogP contribution in [0.4, 0.5) is 5.69 Å². The van der Waals surface area contributed by atoms with E-state index in [1.54, 1.807) is 24.3 Å². The fourth-order valence-electron chi connectivity index (χ4n) is 2.37. The average Bonchev–Trinajstić information content (AvgIpc) is 2.92. The number of carbonyl (C=O) groups excluding carboxylic acids is 1. The minimum atomic E-state index is -1.44. The number of amides is 1. The standard InChI is InChI=1S/C12H11NO5.K/c14-10(15)7-13-9-4-2-1-3-8(9)12(11(13)16)17-5-6-18-12;/h1-4H,5-7H2,(H,14,15);/q;+1. The summed E-state index contributed by atoms with van der Waals surface area (Å²) in [5.41, 5.74) is 1.11. The smallest absolute Gasteiger partial charge is 0.480 e. The minimum Gasteiger partial charge on any atom is -0.480 e. The third kappa shape index (κ3) is 2.29. The average molecular weight is 288 g/mol. The Morgan fingerprint density at radius 1 is 1.32 bits per heavy atom. The van der Waals surface area contributed by atoms with Crippen molar-refractivity contribution in [2.75, 3.05) is 24.7 Å². The molecule has 0 atom stereocenters. The van der Waals surface area contributed by atoms with Crippen LogP contribution in [0.25, 0.3) is 0 Å². The van der Waals surface area contributed by atoms with Crippen LogP contribution < -0.4 is 56.3 Å². The van der Waals surface area contributed by atoms with E-state index in [9.17, 15) is 9.59 Å². The number of para-hydroxylation sites is 1. The third-order valence-corrected chi connectivity index (χ3v) is 3.06. The van der Waals surface area contributed by atoms with Crippen LogP contribution in [-0.4, -0.2) is 36.7 Å². The maximum atomic E-state index is 12.3. The van der Waals surface area contributed by atoms with Crippen LogP contribution in [0.3, 0.4) is 0 Å². The minimum absolute atomic E-state index is 0. The fraction of sp³-hybridized carbons (Fsp3) is 0.333. The van der Waals surface area contributed by atoms with E-state index in [0.29, 0.717) is 24.5 Å². The van der Waals surface area contributed by atoms with Crippen LogP contribution >= 0.6 is 0 Å². The van der Waals surface area contributed by atoms with Gasteiger partial charge < -0.3 is 14.6 Å². The summed E-state index contributed by atoms with van der Waals surface area (Å²) in [5.74, 6) is -2.98. The van der Waals surface area contributed by atoms with Crippen molar-refractivity contribution in [3.8, 4) is 0 Å². The first-order valence-corrected chi connectivity index (χ1v) is 5.56. The zero-order valence-corrected chi connectivity index (χ0v) is 13.6. The van der Waals surface area contributed by atoms with E-state index >= 15 is 0 Å². The third-order valence-electron chi connectivity index (χ3n) is 3.06. The molecule has 0 bridgehead atoms. The van der Waals surface area contributed by atoms with Crippen molar-refractivity contribution in [1.82, 2.24) is 0 Å². The molecule has 3 rings (SSSR count). The van der Waals surface area contributed by atoms with Crippen molar-refractivity contribution in [2.24, 2.45) is 0 Å². The molecule has 1 aromatic carbocycles. The second-order valence-electron chi connectivity index (χ2n) is 4.12. The Morgan fingerprint density at radius 2 is 1.95 bits per heavy atom. The Morgan fingerprint density at radius 3 is 2.58 bits per heavy atom. The molecule has 1 fully saturated rings. The van der Waals surface area contributed by atoms with E-state index in [2.05, 4.69) is 0 Å². The van der Waals surface area contributed by atoms with Crippen LogP contribution in [-0.2, 0) is 24.8 Å². The number of hydrogen-bond donors (Lipinski definition) is 1. The molecule has 1 spiro atoms. The largest absolute Gasteiger partial charge is 1.00 e. The number of anilines is 1. The summed E-state index contributed by atoms with van der Waals surface area (Å²) in [7, 11) is 0. The quantitative estimate of drug-likeness (QED) is 0.600. The van der Waals surface area contributed by atoms with Crippen LogP contribution in [0.5, 0.6) is 0 Å². The van der Waals surface area contributed by atoms with Gasteiger partial charge in [0.2, 0.25) is 0 Å². The molecule has 6 nitrogen and oxygen atoms in total. The molecular weight excluding hydrogens is 277 g/mol. The van der Waals surface area contributed by atoms with Gasteiger partial charge in [0.15, 0.2) is 0 Å². The van der Waals surface area contributed by atoms with Crippen molar-refractivity contribution < 1.29 is 75.6 Å². The number of hydrogen-bond acceptors (Lipinski definition) is 4. The van der Waals surface area contributed by atoms with Crippen molar-refractivity contribution in [2.45, 2.75) is 5.79 Å². The van der Waals surface area contributed by atoms with Gasteiger partial charge in [-0.2, -0.15) is 0 Å². The van der Waals surface area contributed by atoms with Crippen molar-refractivity contribution in [3.63, 3.8) is 0 Å². The zero-order valence-electron chi connectivity index (χ0n) is 10.5. The first-order chi connectivity index (χ1) is 8.65. The first-order valence-electron chi connectivity index (χ1n) is 5.56. The Bertz CT molecular complexity index is 527. The number of rotatable bonds is 2. The monoisotopic (exact) mass is 288 g/mol. The molecule has 1 amide bonds. The maximum Gasteiger partial charge on any atom is 1.00 e. The van der Waals surface area contributed by atoms with Gasteiger partial charge in [0.25, 0.3) is 11.7 Å². The number of carboxylic acids is 1. The molecular formula is C12H11KNO5+. The van der Waals surface area contributed by atoms with Crippen LogP contribution in [0.15, 0.2) is 24.3 Å². The summed E-state index contributed by atoms with van der Waals surface area (Å²) in [6.45, 7) is 0.242. The Hall–Kier alpha value is -0.284. The number of fused-ring (bicyclic) bond motifs is 2. The number of ether oxygens (including phenoxy) is 2. The summed E-state index contributed by atoms with van der Waals surface area (Å²) in [6, 6.07) is 6.93. The van der Waals surface area contributed by atoms with Gasteiger partial charge in [0.05, 0.1) is 18.9 Å².